The molecule has 0 aliphatic carbocycles. The minimum Gasteiger partial charge on any atom is -0.507 e. The molecule has 1 aliphatic rings. The van der Waals surface area contributed by atoms with Crippen LogP contribution in [0, 0.1) is 13.8 Å². The van der Waals surface area contributed by atoms with Crippen LogP contribution in [0.15, 0.2) is 72.6 Å². The second-order valence-corrected chi connectivity index (χ2v) is 7.53. The van der Waals surface area contributed by atoms with E-state index in [2.05, 4.69) is 4.98 Å². The van der Waals surface area contributed by atoms with Gasteiger partial charge in [-0.1, -0.05) is 18.2 Å². The predicted octanol–water partition coefficient (Wildman–Crippen LogP) is 4.33. The average Bonchev–Trinajstić information content (AvgIpc) is 3.04. The van der Waals surface area contributed by atoms with E-state index in [4.69, 9.17) is 4.74 Å². The molecule has 6 nitrogen and oxygen atoms in total. The molecular formula is C25H22N2O4. The SMILES string of the molecule is COc1cccc(C2/C(=C(\O)c3ccncc3)C(=O)C(=O)N2c2cc(C)cc(C)c2)c1. The maximum Gasteiger partial charge on any atom is 0.300 e. The Morgan fingerprint density at radius 1 is 1.00 bits per heavy atom. The van der Waals surface area contributed by atoms with Crippen molar-refractivity contribution in [2.45, 2.75) is 19.9 Å². The van der Waals surface area contributed by atoms with Gasteiger partial charge in [0.25, 0.3) is 11.7 Å². The normalized spacial score (nSPS) is 17.8. The summed E-state index contributed by atoms with van der Waals surface area (Å²) in [7, 11) is 1.55. The zero-order valence-electron chi connectivity index (χ0n) is 17.5. The van der Waals surface area contributed by atoms with Crippen molar-refractivity contribution >= 4 is 23.1 Å². The van der Waals surface area contributed by atoms with E-state index in [0.29, 0.717) is 22.6 Å². The summed E-state index contributed by atoms with van der Waals surface area (Å²) in [5.74, 6) is -1.07. The van der Waals surface area contributed by atoms with Gasteiger partial charge in [0.1, 0.15) is 11.5 Å². The van der Waals surface area contributed by atoms with Gasteiger partial charge in [-0.05, 0) is 66.9 Å². The average molecular weight is 414 g/mol. The van der Waals surface area contributed by atoms with Gasteiger partial charge >= 0.3 is 0 Å². The van der Waals surface area contributed by atoms with E-state index in [1.54, 1.807) is 37.4 Å². The molecule has 1 atom stereocenters. The highest BCUT2D eigenvalue weighted by Crippen LogP contribution is 2.43. The molecule has 1 amide bonds. The Labute approximate surface area is 180 Å². The quantitative estimate of drug-likeness (QED) is 0.390. The van der Waals surface area contributed by atoms with Crippen LogP contribution in [0.1, 0.15) is 28.3 Å². The van der Waals surface area contributed by atoms with Crippen LogP contribution in [0.4, 0.5) is 5.69 Å². The Bertz CT molecular complexity index is 1180. The Balaban J connectivity index is 1.98. The van der Waals surface area contributed by atoms with Gasteiger partial charge in [-0.25, -0.2) is 0 Å². The van der Waals surface area contributed by atoms with Gasteiger partial charge in [0.15, 0.2) is 0 Å². The number of rotatable bonds is 4. The van der Waals surface area contributed by atoms with Crippen LogP contribution in [0.5, 0.6) is 5.75 Å². The predicted molar refractivity (Wildman–Crippen MR) is 118 cm³/mol. The summed E-state index contributed by atoms with van der Waals surface area (Å²) in [6.07, 6.45) is 3.05. The molecule has 31 heavy (non-hydrogen) atoms. The fourth-order valence-electron chi connectivity index (χ4n) is 3.98. The topological polar surface area (TPSA) is 79.7 Å². The standard InChI is InChI=1S/C25H22N2O4/c1-15-11-16(2)13-19(12-15)27-22(18-5-4-6-20(14-18)31-3)21(24(29)25(27)30)23(28)17-7-9-26-10-8-17/h4-14,22,28H,1-3H3/b23-21+. The second-order valence-electron chi connectivity index (χ2n) is 7.53. The van der Waals surface area contributed by atoms with E-state index in [-0.39, 0.29) is 11.3 Å². The lowest BCUT2D eigenvalue weighted by Gasteiger charge is -2.26. The van der Waals surface area contributed by atoms with E-state index in [0.717, 1.165) is 11.1 Å². The molecule has 1 N–H and O–H groups in total. The van der Waals surface area contributed by atoms with Crippen molar-refractivity contribution in [3.05, 3.63) is 94.8 Å². The first kappa shape index (κ1) is 20.3. The third kappa shape index (κ3) is 3.68. The maximum absolute atomic E-state index is 13.2. The zero-order chi connectivity index (χ0) is 22.1. The lowest BCUT2D eigenvalue weighted by Crippen LogP contribution is -2.29. The number of anilines is 1. The minimum atomic E-state index is -0.801. The van der Waals surface area contributed by atoms with Crippen molar-refractivity contribution in [1.29, 1.82) is 0 Å². The van der Waals surface area contributed by atoms with Gasteiger partial charge in [0.2, 0.25) is 0 Å². The number of hydrogen-bond acceptors (Lipinski definition) is 5. The lowest BCUT2D eigenvalue weighted by molar-refractivity contribution is -0.132. The molecule has 0 radical (unpaired) electrons. The summed E-state index contributed by atoms with van der Waals surface area (Å²) in [6.45, 7) is 3.87. The van der Waals surface area contributed by atoms with Gasteiger partial charge in [0.05, 0.1) is 18.7 Å². The number of amides is 1. The summed E-state index contributed by atoms with van der Waals surface area (Å²) in [5, 5.41) is 11.1. The first-order chi connectivity index (χ1) is 14.9. The summed E-state index contributed by atoms with van der Waals surface area (Å²) < 4.78 is 5.35. The number of aliphatic hydroxyl groups excluding tert-OH is 1. The Kier molecular flexibility index (Phi) is 5.29. The number of methoxy groups -OCH3 is 1. The van der Waals surface area contributed by atoms with Gasteiger partial charge in [-0.2, -0.15) is 0 Å². The summed E-state index contributed by atoms with van der Waals surface area (Å²) in [4.78, 5) is 31.8. The molecule has 2 heterocycles. The summed E-state index contributed by atoms with van der Waals surface area (Å²) in [6, 6.07) is 15.3. The monoisotopic (exact) mass is 414 g/mol. The fourth-order valence-corrected chi connectivity index (χ4v) is 3.98. The molecule has 0 saturated carbocycles. The van der Waals surface area contributed by atoms with Crippen molar-refractivity contribution in [2.75, 3.05) is 12.0 Å². The molecule has 4 rings (SSSR count). The third-order valence-corrected chi connectivity index (χ3v) is 5.29. The third-order valence-electron chi connectivity index (χ3n) is 5.29. The van der Waals surface area contributed by atoms with E-state index in [1.165, 1.54) is 17.3 Å². The highest BCUT2D eigenvalue weighted by Gasteiger charge is 2.47. The fraction of sp³-hybridized carbons (Fsp3) is 0.160. The number of ether oxygens (including phenoxy) is 1. The Hall–Kier alpha value is -3.93. The number of carbonyl (C=O) groups is 2. The van der Waals surface area contributed by atoms with Gasteiger partial charge in [0, 0.05) is 23.6 Å². The number of hydrogen-bond donors (Lipinski definition) is 1. The molecular weight excluding hydrogens is 392 g/mol. The van der Waals surface area contributed by atoms with Crippen LogP contribution in [-0.4, -0.2) is 28.9 Å². The van der Waals surface area contributed by atoms with Crippen molar-refractivity contribution in [3.63, 3.8) is 0 Å². The van der Waals surface area contributed by atoms with E-state index in [1.807, 2.05) is 38.1 Å². The molecule has 0 spiro atoms. The molecule has 0 bridgehead atoms. The number of ketones is 1. The highest BCUT2D eigenvalue weighted by molar-refractivity contribution is 6.51. The number of carbonyl (C=O) groups excluding carboxylic acids is 2. The van der Waals surface area contributed by atoms with E-state index >= 15 is 0 Å². The molecule has 1 aliphatic heterocycles. The van der Waals surface area contributed by atoms with Crippen LogP contribution in [0.25, 0.3) is 5.76 Å². The molecule has 156 valence electrons. The molecule has 1 aromatic heterocycles. The van der Waals surface area contributed by atoms with Crippen molar-refractivity contribution < 1.29 is 19.4 Å². The molecule has 3 aromatic rings. The first-order valence-corrected chi connectivity index (χ1v) is 9.84. The highest BCUT2D eigenvalue weighted by atomic mass is 16.5. The van der Waals surface area contributed by atoms with E-state index in [9.17, 15) is 14.7 Å². The number of aryl methyl sites for hydroxylation is 2. The van der Waals surface area contributed by atoms with Crippen LogP contribution in [0.2, 0.25) is 0 Å². The summed E-state index contributed by atoms with van der Waals surface area (Å²) >= 11 is 0. The summed E-state index contributed by atoms with van der Waals surface area (Å²) in [5.41, 5.74) is 3.64. The molecule has 2 aromatic carbocycles. The number of aliphatic hydroxyl groups is 1. The Morgan fingerprint density at radius 2 is 1.68 bits per heavy atom. The van der Waals surface area contributed by atoms with Crippen molar-refractivity contribution in [1.82, 2.24) is 4.98 Å². The number of aromatic nitrogens is 1. The molecule has 1 fully saturated rings. The van der Waals surface area contributed by atoms with Crippen LogP contribution in [0.3, 0.4) is 0 Å². The van der Waals surface area contributed by atoms with Crippen LogP contribution in [-0.2, 0) is 9.59 Å². The number of nitrogens with zero attached hydrogens (tertiary/aromatic N) is 2. The van der Waals surface area contributed by atoms with Crippen molar-refractivity contribution in [2.24, 2.45) is 0 Å². The first-order valence-electron chi connectivity index (χ1n) is 9.84. The van der Waals surface area contributed by atoms with E-state index < -0.39 is 17.7 Å². The van der Waals surface area contributed by atoms with Crippen molar-refractivity contribution in [3.8, 4) is 5.75 Å². The van der Waals surface area contributed by atoms with Gasteiger partial charge < -0.3 is 9.84 Å². The number of benzene rings is 2. The number of pyridine rings is 1. The smallest absolute Gasteiger partial charge is 0.300 e. The van der Waals surface area contributed by atoms with Crippen LogP contribution < -0.4 is 9.64 Å². The largest absolute Gasteiger partial charge is 0.507 e. The van der Waals surface area contributed by atoms with Gasteiger partial charge in [-0.15, -0.1) is 0 Å². The molecule has 1 saturated heterocycles. The lowest BCUT2D eigenvalue weighted by atomic mass is 9.95. The minimum absolute atomic E-state index is 0.0311. The molecule has 6 heteroatoms. The second kappa shape index (κ2) is 8.07. The molecule has 1 unspecified atom stereocenters. The van der Waals surface area contributed by atoms with Gasteiger partial charge in [-0.3, -0.25) is 19.5 Å². The maximum atomic E-state index is 13.2. The van der Waals surface area contributed by atoms with Crippen LogP contribution >= 0.6 is 0 Å². The Morgan fingerprint density at radius 3 is 2.32 bits per heavy atom. The number of Topliss-reactive ketones (excluding diaryl/α,β-unsaturated/α-hetero) is 1. The zero-order valence-corrected chi connectivity index (χ0v) is 17.5.